The highest BCUT2D eigenvalue weighted by Gasteiger charge is 2.08. The van der Waals surface area contributed by atoms with Crippen molar-refractivity contribution in [1.29, 1.82) is 0 Å². The molecule has 2 rings (SSSR count). The first-order valence-corrected chi connectivity index (χ1v) is 6.20. The topological polar surface area (TPSA) is 57.0 Å². The maximum Gasteiger partial charge on any atom is 0.337 e. The van der Waals surface area contributed by atoms with Gasteiger partial charge < -0.3 is 4.74 Å². The Morgan fingerprint density at radius 1 is 1.32 bits per heavy atom. The van der Waals surface area contributed by atoms with Crippen molar-refractivity contribution in [3.8, 4) is 0 Å². The van der Waals surface area contributed by atoms with Gasteiger partial charge in [0.2, 0.25) is 0 Å². The normalized spacial score (nSPS) is 10.5. The van der Waals surface area contributed by atoms with Crippen molar-refractivity contribution in [2.45, 2.75) is 19.8 Å². The van der Waals surface area contributed by atoms with E-state index in [2.05, 4.69) is 21.7 Å². The molecular weight excluding hydrogens is 242 g/mol. The Morgan fingerprint density at radius 2 is 2.00 bits per heavy atom. The molecule has 0 saturated heterocycles. The molecule has 19 heavy (non-hydrogen) atoms. The van der Waals surface area contributed by atoms with Crippen LogP contribution in [0, 0.1) is 0 Å². The van der Waals surface area contributed by atoms with Crippen molar-refractivity contribution in [3.05, 3.63) is 47.0 Å². The summed E-state index contributed by atoms with van der Waals surface area (Å²) in [5.74, 6) is 1.45. The highest BCUT2D eigenvalue weighted by atomic mass is 16.5. The molecule has 0 unspecified atom stereocenters. The van der Waals surface area contributed by atoms with Gasteiger partial charge in [-0.1, -0.05) is 19.1 Å². The van der Waals surface area contributed by atoms with Gasteiger partial charge in [0.1, 0.15) is 5.82 Å². The Hall–Kier alpha value is -2.17. The summed E-state index contributed by atoms with van der Waals surface area (Å²) in [6, 6.07) is 7.30. The van der Waals surface area contributed by atoms with Gasteiger partial charge in [0, 0.05) is 19.9 Å². The summed E-state index contributed by atoms with van der Waals surface area (Å²) in [6.45, 7) is 2.05. The number of hydrogen-bond donors (Lipinski definition) is 0. The van der Waals surface area contributed by atoms with E-state index in [1.54, 1.807) is 16.8 Å². The molecule has 0 N–H and O–H groups in total. The summed E-state index contributed by atoms with van der Waals surface area (Å²) in [5.41, 5.74) is 1.62. The van der Waals surface area contributed by atoms with Crippen LogP contribution >= 0.6 is 0 Å². The third kappa shape index (κ3) is 2.99. The minimum atomic E-state index is -0.323. The lowest BCUT2D eigenvalue weighted by molar-refractivity contribution is 0.0600. The van der Waals surface area contributed by atoms with Gasteiger partial charge in [-0.25, -0.2) is 9.78 Å². The SMILES string of the molecule is CCc1nc(Cc2ccc(C(=O)OC)cc2)nn1C. The minimum Gasteiger partial charge on any atom is -0.465 e. The van der Waals surface area contributed by atoms with Crippen molar-refractivity contribution in [3.63, 3.8) is 0 Å². The summed E-state index contributed by atoms with van der Waals surface area (Å²) >= 11 is 0. The van der Waals surface area contributed by atoms with Crippen molar-refractivity contribution >= 4 is 5.97 Å². The zero-order valence-electron chi connectivity index (χ0n) is 11.4. The van der Waals surface area contributed by atoms with Crippen molar-refractivity contribution in [1.82, 2.24) is 14.8 Å². The van der Waals surface area contributed by atoms with Gasteiger partial charge in [-0.3, -0.25) is 4.68 Å². The number of hydrogen-bond acceptors (Lipinski definition) is 4. The molecule has 0 radical (unpaired) electrons. The summed E-state index contributed by atoms with van der Waals surface area (Å²) in [5, 5.41) is 4.36. The van der Waals surface area contributed by atoms with Gasteiger partial charge in [-0.2, -0.15) is 5.10 Å². The van der Waals surface area contributed by atoms with Crippen LogP contribution in [0.4, 0.5) is 0 Å². The monoisotopic (exact) mass is 259 g/mol. The fourth-order valence-corrected chi connectivity index (χ4v) is 1.92. The van der Waals surface area contributed by atoms with Crippen LogP contribution in [-0.4, -0.2) is 27.8 Å². The number of carbonyl (C=O) groups is 1. The highest BCUT2D eigenvalue weighted by molar-refractivity contribution is 5.89. The van der Waals surface area contributed by atoms with Crippen LogP contribution in [0.3, 0.4) is 0 Å². The van der Waals surface area contributed by atoms with Gasteiger partial charge in [-0.05, 0) is 17.7 Å². The third-order valence-corrected chi connectivity index (χ3v) is 2.95. The molecule has 0 spiro atoms. The summed E-state index contributed by atoms with van der Waals surface area (Å²) in [6.07, 6.45) is 1.53. The molecule has 0 saturated carbocycles. The number of carbonyl (C=O) groups excluding carboxylic acids is 1. The molecule has 1 aromatic carbocycles. The van der Waals surface area contributed by atoms with Gasteiger partial charge in [-0.15, -0.1) is 0 Å². The molecule has 5 heteroatoms. The first kappa shape index (κ1) is 13.3. The predicted molar refractivity (Wildman–Crippen MR) is 71.0 cm³/mol. The van der Waals surface area contributed by atoms with Gasteiger partial charge in [0.05, 0.1) is 12.7 Å². The number of nitrogens with zero attached hydrogens (tertiary/aromatic N) is 3. The zero-order valence-corrected chi connectivity index (χ0v) is 11.4. The molecule has 0 atom stereocenters. The third-order valence-electron chi connectivity index (χ3n) is 2.95. The van der Waals surface area contributed by atoms with Crippen molar-refractivity contribution < 1.29 is 9.53 Å². The van der Waals surface area contributed by atoms with Crippen LogP contribution in [0.25, 0.3) is 0 Å². The predicted octanol–water partition coefficient (Wildman–Crippen LogP) is 1.75. The second-order valence-corrected chi connectivity index (χ2v) is 4.29. The molecule has 0 amide bonds. The second-order valence-electron chi connectivity index (χ2n) is 4.29. The van der Waals surface area contributed by atoms with E-state index in [1.165, 1.54) is 7.11 Å². The first-order chi connectivity index (χ1) is 9.13. The number of ether oxygens (including phenoxy) is 1. The molecule has 0 aliphatic heterocycles. The Bertz CT molecular complexity index is 573. The number of aromatic nitrogens is 3. The van der Waals surface area contributed by atoms with E-state index < -0.39 is 0 Å². The van der Waals surface area contributed by atoms with E-state index in [1.807, 2.05) is 19.2 Å². The summed E-state index contributed by atoms with van der Waals surface area (Å²) < 4.78 is 6.46. The van der Waals surface area contributed by atoms with Crippen LogP contribution in [0.2, 0.25) is 0 Å². The Morgan fingerprint density at radius 3 is 2.53 bits per heavy atom. The molecule has 1 aromatic heterocycles. The quantitative estimate of drug-likeness (QED) is 0.785. The lowest BCUT2D eigenvalue weighted by Crippen LogP contribution is -2.01. The maximum atomic E-state index is 11.3. The van der Waals surface area contributed by atoms with Crippen LogP contribution in [0.1, 0.15) is 34.5 Å². The number of benzene rings is 1. The minimum absolute atomic E-state index is 0.323. The van der Waals surface area contributed by atoms with E-state index in [0.717, 1.165) is 23.6 Å². The second kappa shape index (κ2) is 5.65. The van der Waals surface area contributed by atoms with E-state index in [0.29, 0.717) is 12.0 Å². The van der Waals surface area contributed by atoms with Crippen LogP contribution in [0.5, 0.6) is 0 Å². The van der Waals surface area contributed by atoms with Crippen LogP contribution in [-0.2, 0) is 24.6 Å². The average molecular weight is 259 g/mol. The molecule has 0 aliphatic carbocycles. The maximum absolute atomic E-state index is 11.3. The summed E-state index contributed by atoms with van der Waals surface area (Å²) in [7, 11) is 3.27. The lowest BCUT2D eigenvalue weighted by atomic mass is 10.1. The van der Waals surface area contributed by atoms with Crippen LogP contribution < -0.4 is 0 Å². The standard InChI is InChI=1S/C14H17N3O2/c1-4-13-15-12(16-17(13)2)9-10-5-7-11(8-6-10)14(18)19-3/h5-8H,4,9H2,1-3H3. The van der Waals surface area contributed by atoms with E-state index >= 15 is 0 Å². The molecule has 0 fully saturated rings. The zero-order chi connectivity index (χ0) is 13.8. The number of esters is 1. The van der Waals surface area contributed by atoms with E-state index in [4.69, 9.17) is 0 Å². The molecular formula is C14H17N3O2. The van der Waals surface area contributed by atoms with Crippen molar-refractivity contribution in [2.75, 3.05) is 7.11 Å². The molecule has 0 aliphatic rings. The summed E-state index contributed by atoms with van der Waals surface area (Å²) in [4.78, 5) is 15.8. The number of methoxy groups -OCH3 is 1. The molecule has 1 heterocycles. The van der Waals surface area contributed by atoms with E-state index in [9.17, 15) is 4.79 Å². The Kier molecular flexibility index (Phi) is 3.94. The lowest BCUT2D eigenvalue weighted by Gasteiger charge is -2.01. The highest BCUT2D eigenvalue weighted by Crippen LogP contribution is 2.10. The van der Waals surface area contributed by atoms with Crippen LogP contribution in [0.15, 0.2) is 24.3 Å². The first-order valence-electron chi connectivity index (χ1n) is 6.20. The molecule has 5 nitrogen and oxygen atoms in total. The van der Waals surface area contributed by atoms with Gasteiger partial charge in [0.15, 0.2) is 5.82 Å². The molecule has 2 aromatic rings. The largest absolute Gasteiger partial charge is 0.465 e. The average Bonchev–Trinajstić information content (AvgIpc) is 2.78. The Balaban J connectivity index is 2.12. The fourth-order valence-electron chi connectivity index (χ4n) is 1.92. The molecule has 100 valence electrons. The van der Waals surface area contributed by atoms with E-state index in [-0.39, 0.29) is 5.97 Å². The fraction of sp³-hybridized carbons (Fsp3) is 0.357. The smallest absolute Gasteiger partial charge is 0.337 e. The Labute approximate surface area is 112 Å². The molecule has 0 bridgehead atoms. The van der Waals surface area contributed by atoms with Gasteiger partial charge in [0.25, 0.3) is 0 Å². The number of aryl methyl sites for hydroxylation is 2. The van der Waals surface area contributed by atoms with Gasteiger partial charge >= 0.3 is 5.97 Å². The number of rotatable bonds is 4. The van der Waals surface area contributed by atoms with Crippen molar-refractivity contribution in [2.24, 2.45) is 7.05 Å².